The fourth-order valence-electron chi connectivity index (χ4n) is 1.61. The minimum atomic E-state index is 0.220. The van der Waals surface area contributed by atoms with E-state index in [-0.39, 0.29) is 6.04 Å². The zero-order valence-corrected chi connectivity index (χ0v) is 15.3. The molecule has 0 aliphatic heterocycles. The molecule has 108 valence electrons. The Balaban J connectivity index is 2.08. The Morgan fingerprint density at radius 3 is 2.70 bits per heavy atom. The molecule has 1 unspecified atom stereocenters. The van der Waals surface area contributed by atoms with Crippen molar-refractivity contribution in [2.45, 2.75) is 39.4 Å². The molecule has 0 spiro atoms. The SMILES string of the molecule is CCC(N)Cc1ccc(Sc2nnc(SC)s2)cc1Br. The Morgan fingerprint density at radius 2 is 2.10 bits per heavy atom. The molecule has 20 heavy (non-hydrogen) atoms. The van der Waals surface area contributed by atoms with Gasteiger partial charge < -0.3 is 5.73 Å². The maximum absolute atomic E-state index is 6.01. The number of halogens is 1. The molecule has 7 heteroatoms. The molecular formula is C13H16BrN3S3. The van der Waals surface area contributed by atoms with Crippen LogP contribution in [0.25, 0.3) is 0 Å². The van der Waals surface area contributed by atoms with Crippen molar-refractivity contribution >= 4 is 50.8 Å². The molecule has 1 aromatic carbocycles. The lowest BCUT2D eigenvalue weighted by atomic mass is 10.1. The maximum Gasteiger partial charge on any atom is 0.179 e. The molecule has 0 saturated carbocycles. The van der Waals surface area contributed by atoms with E-state index in [1.807, 2.05) is 6.26 Å². The lowest BCUT2D eigenvalue weighted by Crippen LogP contribution is -2.21. The molecule has 1 atom stereocenters. The van der Waals surface area contributed by atoms with E-state index < -0.39 is 0 Å². The van der Waals surface area contributed by atoms with Gasteiger partial charge in [-0.2, -0.15) is 0 Å². The van der Waals surface area contributed by atoms with Gasteiger partial charge in [-0.15, -0.1) is 10.2 Å². The monoisotopic (exact) mass is 389 g/mol. The van der Waals surface area contributed by atoms with Crippen molar-refractivity contribution < 1.29 is 0 Å². The molecule has 0 fully saturated rings. The van der Waals surface area contributed by atoms with Gasteiger partial charge in [0.25, 0.3) is 0 Å². The predicted molar refractivity (Wildman–Crippen MR) is 91.9 cm³/mol. The first kappa shape index (κ1) is 16.3. The molecule has 3 nitrogen and oxygen atoms in total. The molecule has 0 aliphatic rings. The van der Waals surface area contributed by atoms with Gasteiger partial charge in [0.2, 0.25) is 0 Å². The highest BCUT2D eigenvalue weighted by molar-refractivity contribution is 9.10. The molecule has 2 N–H and O–H groups in total. The van der Waals surface area contributed by atoms with Crippen LogP contribution in [0.4, 0.5) is 0 Å². The van der Waals surface area contributed by atoms with Gasteiger partial charge in [0.15, 0.2) is 8.68 Å². The average molecular weight is 390 g/mol. The van der Waals surface area contributed by atoms with Crippen molar-refractivity contribution in [2.24, 2.45) is 5.73 Å². The van der Waals surface area contributed by atoms with Crippen molar-refractivity contribution in [3.8, 4) is 0 Å². The zero-order chi connectivity index (χ0) is 14.5. The fraction of sp³-hybridized carbons (Fsp3) is 0.385. The van der Waals surface area contributed by atoms with Crippen LogP contribution >= 0.6 is 50.8 Å². The van der Waals surface area contributed by atoms with Gasteiger partial charge in [-0.1, -0.05) is 63.8 Å². The lowest BCUT2D eigenvalue weighted by molar-refractivity contribution is 0.645. The number of aromatic nitrogens is 2. The third kappa shape index (κ3) is 4.46. The third-order valence-corrected chi connectivity index (χ3v) is 6.48. The van der Waals surface area contributed by atoms with Crippen molar-refractivity contribution in [3.63, 3.8) is 0 Å². The van der Waals surface area contributed by atoms with Gasteiger partial charge in [-0.05, 0) is 36.8 Å². The number of thioether (sulfide) groups is 1. The lowest BCUT2D eigenvalue weighted by Gasteiger charge is -2.11. The molecule has 0 aliphatic carbocycles. The summed E-state index contributed by atoms with van der Waals surface area (Å²) in [7, 11) is 0. The number of hydrogen-bond acceptors (Lipinski definition) is 6. The first-order valence-electron chi connectivity index (χ1n) is 6.21. The van der Waals surface area contributed by atoms with Gasteiger partial charge in [0.05, 0.1) is 0 Å². The van der Waals surface area contributed by atoms with Gasteiger partial charge in [-0.25, -0.2) is 0 Å². The molecule has 0 saturated heterocycles. The zero-order valence-electron chi connectivity index (χ0n) is 11.3. The standard InChI is InChI=1S/C13H16BrN3S3/c1-3-9(15)6-8-4-5-10(7-11(8)14)19-13-17-16-12(18-2)20-13/h4-5,7,9H,3,6,15H2,1-2H3. The highest BCUT2D eigenvalue weighted by Gasteiger charge is 2.09. The average Bonchev–Trinajstić information content (AvgIpc) is 2.89. The summed E-state index contributed by atoms with van der Waals surface area (Å²) >= 11 is 8.52. The fourth-order valence-corrected chi connectivity index (χ4v) is 4.75. The summed E-state index contributed by atoms with van der Waals surface area (Å²) in [6.45, 7) is 2.11. The summed E-state index contributed by atoms with van der Waals surface area (Å²) in [5.74, 6) is 0. The van der Waals surface area contributed by atoms with E-state index >= 15 is 0 Å². The Hall–Kier alpha value is -0.0800. The molecule has 2 aromatic rings. The van der Waals surface area contributed by atoms with E-state index in [0.717, 1.165) is 30.9 Å². The highest BCUT2D eigenvalue weighted by atomic mass is 79.9. The molecule has 1 heterocycles. The molecule has 1 aromatic heterocycles. The molecule has 0 amide bonds. The summed E-state index contributed by atoms with van der Waals surface area (Å²) in [4.78, 5) is 1.16. The normalized spacial score (nSPS) is 12.6. The summed E-state index contributed by atoms with van der Waals surface area (Å²) in [6, 6.07) is 6.60. The second-order valence-electron chi connectivity index (χ2n) is 4.27. The first-order valence-corrected chi connectivity index (χ1v) is 9.86. The first-order chi connectivity index (χ1) is 9.62. The van der Waals surface area contributed by atoms with Crippen LogP contribution in [0.2, 0.25) is 0 Å². The van der Waals surface area contributed by atoms with Crippen LogP contribution in [0.1, 0.15) is 18.9 Å². The molecule has 0 radical (unpaired) electrons. The second kappa shape index (κ2) is 7.79. The van der Waals surface area contributed by atoms with E-state index in [4.69, 9.17) is 5.73 Å². The van der Waals surface area contributed by atoms with E-state index in [0.29, 0.717) is 0 Å². The smallest absolute Gasteiger partial charge is 0.179 e. The molecule has 2 rings (SSSR count). The quantitative estimate of drug-likeness (QED) is 0.739. The predicted octanol–water partition coefficient (Wildman–Crippen LogP) is 4.45. The van der Waals surface area contributed by atoms with Crippen molar-refractivity contribution in [3.05, 3.63) is 28.2 Å². The number of benzene rings is 1. The summed E-state index contributed by atoms with van der Waals surface area (Å²) in [5.41, 5.74) is 7.26. The highest BCUT2D eigenvalue weighted by Crippen LogP contribution is 2.34. The minimum absolute atomic E-state index is 0.220. The van der Waals surface area contributed by atoms with Gasteiger partial charge in [0, 0.05) is 15.4 Å². The van der Waals surface area contributed by atoms with Crippen LogP contribution in [-0.4, -0.2) is 22.5 Å². The summed E-state index contributed by atoms with van der Waals surface area (Å²) < 4.78 is 3.08. The van der Waals surface area contributed by atoms with Crippen molar-refractivity contribution in [1.82, 2.24) is 10.2 Å². The second-order valence-corrected chi connectivity index (χ2v) is 8.47. The van der Waals surface area contributed by atoms with E-state index in [1.165, 1.54) is 5.56 Å². The molecule has 0 bridgehead atoms. The summed E-state index contributed by atoms with van der Waals surface area (Å²) in [6.07, 6.45) is 3.90. The summed E-state index contributed by atoms with van der Waals surface area (Å²) in [5, 5.41) is 8.28. The number of rotatable bonds is 6. The van der Waals surface area contributed by atoms with Gasteiger partial charge in [-0.3, -0.25) is 0 Å². The van der Waals surface area contributed by atoms with Crippen LogP contribution in [0.3, 0.4) is 0 Å². The Morgan fingerprint density at radius 1 is 1.35 bits per heavy atom. The minimum Gasteiger partial charge on any atom is -0.327 e. The van der Waals surface area contributed by atoms with Crippen LogP contribution in [0, 0.1) is 0 Å². The van der Waals surface area contributed by atoms with Crippen molar-refractivity contribution in [2.75, 3.05) is 6.26 Å². The topological polar surface area (TPSA) is 51.8 Å². The Bertz CT molecular complexity index is 574. The van der Waals surface area contributed by atoms with E-state index in [9.17, 15) is 0 Å². The van der Waals surface area contributed by atoms with Crippen LogP contribution < -0.4 is 5.73 Å². The van der Waals surface area contributed by atoms with Gasteiger partial charge >= 0.3 is 0 Å². The van der Waals surface area contributed by atoms with Gasteiger partial charge in [0.1, 0.15) is 0 Å². The molecular weight excluding hydrogens is 374 g/mol. The number of nitrogens with two attached hydrogens (primary N) is 1. The largest absolute Gasteiger partial charge is 0.327 e. The van der Waals surface area contributed by atoms with Crippen LogP contribution in [-0.2, 0) is 6.42 Å². The van der Waals surface area contributed by atoms with E-state index in [1.54, 1.807) is 34.9 Å². The maximum atomic E-state index is 6.01. The van der Waals surface area contributed by atoms with Crippen molar-refractivity contribution in [1.29, 1.82) is 0 Å². The van der Waals surface area contributed by atoms with Crippen LogP contribution in [0.5, 0.6) is 0 Å². The Labute approximate surface area is 140 Å². The third-order valence-electron chi connectivity index (χ3n) is 2.80. The number of nitrogens with zero attached hydrogens (tertiary/aromatic N) is 2. The van der Waals surface area contributed by atoms with E-state index in [2.05, 4.69) is 51.3 Å². The number of hydrogen-bond donors (Lipinski definition) is 1. The van der Waals surface area contributed by atoms with Crippen LogP contribution in [0.15, 0.2) is 36.2 Å². The Kier molecular flexibility index (Phi) is 6.35.